The van der Waals surface area contributed by atoms with E-state index >= 15 is 0 Å². The average molecular weight is 284 g/mol. The van der Waals surface area contributed by atoms with Crippen LogP contribution in [-0.4, -0.2) is 43.6 Å². The van der Waals surface area contributed by atoms with Crippen molar-refractivity contribution in [2.75, 3.05) is 25.5 Å². The maximum atomic E-state index is 12.4. The lowest BCUT2D eigenvalue weighted by Gasteiger charge is -2.34. The lowest BCUT2D eigenvalue weighted by molar-refractivity contribution is 0.0126. The van der Waals surface area contributed by atoms with Gasteiger partial charge in [0.25, 0.3) is 0 Å². The third kappa shape index (κ3) is 3.08. The molecule has 1 heterocycles. The number of nitrogens with zero attached hydrogens (tertiary/aromatic N) is 1. The minimum Gasteiger partial charge on any atom is -0.390 e. The minimum atomic E-state index is -3.44. The third-order valence-electron chi connectivity index (χ3n) is 3.58. The van der Waals surface area contributed by atoms with Crippen molar-refractivity contribution in [2.24, 2.45) is 0 Å². The summed E-state index contributed by atoms with van der Waals surface area (Å²) in [5.74, 6) is 0. The van der Waals surface area contributed by atoms with Crippen molar-refractivity contribution in [1.82, 2.24) is 4.31 Å². The zero-order valence-electron chi connectivity index (χ0n) is 11.3. The smallest absolute Gasteiger partial charge is 0.243 e. The van der Waals surface area contributed by atoms with Gasteiger partial charge in [0, 0.05) is 25.8 Å². The predicted molar refractivity (Wildman–Crippen MR) is 74.6 cm³/mol. The van der Waals surface area contributed by atoms with E-state index in [-0.39, 0.29) is 0 Å². The predicted octanol–water partition coefficient (Wildman–Crippen LogP) is 1.26. The second kappa shape index (κ2) is 5.11. The Hall–Kier alpha value is -1.11. The third-order valence-corrected chi connectivity index (χ3v) is 5.49. The van der Waals surface area contributed by atoms with E-state index < -0.39 is 15.6 Å². The van der Waals surface area contributed by atoms with E-state index in [0.717, 1.165) is 5.69 Å². The summed E-state index contributed by atoms with van der Waals surface area (Å²) < 4.78 is 26.3. The molecule has 1 saturated heterocycles. The number of anilines is 1. The molecule has 106 valence electrons. The molecule has 1 aliphatic heterocycles. The van der Waals surface area contributed by atoms with Gasteiger partial charge in [0.2, 0.25) is 10.0 Å². The molecule has 0 atom stereocenters. The Kier molecular flexibility index (Phi) is 3.85. The highest BCUT2D eigenvalue weighted by molar-refractivity contribution is 7.89. The van der Waals surface area contributed by atoms with Crippen LogP contribution in [-0.2, 0) is 10.0 Å². The van der Waals surface area contributed by atoms with Gasteiger partial charge in [0.15, 0.2) is 0 Å². The van der Waals surface area contributed by atoms with E-state index in [1.54, 1.807) is 38.2 Å². The maximum Gasteiger partial charge on any atom is 0.243 e. The molecule has 1 fully saturated rings. The SMILES string of the molecule is CNc1ccc(S(=O)(=O)N2CCC(C)(O)CC2)cc1. The summed E-state index contributed by atoms with van der Waals surface area (Å²) in [6.07, 6.45) is 0.946. The number of aliphatic hydroxyl groups is 1. The lowest BCUT2D eigenvalue weighted by Crippen LogP contribution is -2.45. The second-order valence-corrected chi connectivity index (χ2v) is 7.11. The Morgan fingerprint density at radius 2 is 1.74 bits per heavy atom. The van der Waals surface area contributed by atoms with Crippen molar-refractivity contribution in [1.29, 1.82) is 0 Å². The number of hydrogen-bond donors (Lipinski definition) is 2. The summed E-state index contributed by atoms with van der Waals surface area (Å²) in [4.78, 5) is 0.299. The van der Waals surface area contributed by atoms with Gasteiger partial charge in [-0.1, -0.05) is 0 Å². The Morgan fingerprint density at radius 3 is 2.21 bits per heavy atom. The first-order valence-electron chi connectivity index (χ1n) is 6.35. The molecule has 0 aliphatic carbocycles. The molecule has 1 aromatic carbocycles. The number of piperidine rings is 1. The topological polar surface area (TPSA) is 69.6 Å². The molecule has 6 heteroatoms. The van der Waals surface area contributed by atoms with Crippen LogP contribution in [0.4, 0.5) is 5.69 Å². The molecule has 0 spiro atoms. The highest BCUT2D eigenvalue weighted by atomic mass is 32.2. The molecule has 2 N–H and O–H groups in total. The van der Waals surface area contributed by atoms with Gasteiger partial charge in [0.1, 0.15) is 0 Å². The molecule has 19 heavy (non-hydrogen) atoms. The van der Waals surface area contributed by atoms with Gasteiger partial charge in [0.05, 0.1) is 10.5 Å². The van der Waals surface area contributed by atoms with Crippen molar-refractivity contribution >= 4 is 15.7 Å². The van der Waals surface area contributed by atoms with Crippen LogP contribution in [0.15, 0.2) is 29.2 Å². The Labute approximate surface area is 114 Å². The molecule has 0 aromatic heterocycles. The fraction of sp³-hybridized carbons (Fsp3) is 0.538. The van der Waals surface area contributed by atoms with Crippen LogP contribution >= 0.6 is 0 Å². The lowest BCUT2D eigenvalue weighted by atomic mass is 9.95. The van der Waals surface area contributed by atoms with E-state index in [1.807, 2.05) is 0 Å². The van der Waals surface area contributed by atoms with Gasteiger partial charge in [-0.2, -0.15) is 4.31 Å². The normalized spacial score (nSPS) is 20.2. The molecule has 2 rings (SSSR count). The highest BCUT2D eigenvalue weighted by Gasteiger charge is 2.33. The van der Waals surface area contributed by atoms with Crippen LogP contribution in [0.1, 0.15) is 19.8 Å². The number of benzene rings is 1. The van der Waals surface area contributed by atoms with Crippen molar-refractivity contribution < 1.29 is 13.5 Å². The summed E-state index contributed by atoms with van der Waals surface area (Å²) in [6, 6.07) is 6.70. The van der Waals surface area contributed by atoms with Crippen molar-refractivity contribution in [3.05, 3.63) is 24.3 Å². The van der Waals surface area contributed by atoms with E-state index in [0.29, 0.717) is 30.8 Å². The van der Waals surface area contributed by atoms with Crippen LogP contribution in [0.2, 0.25) is 0 Å². The van der Waals surface area contributed by atoms with Crippen LogP contribution in [0.3, 0.4) is 0 Å². The van der Waals surface area contributed by atoms with E-state index in [9.17, 15) is 13.5 Å². The summed E-state index contributed by atoms with van der Waals surface area (Å²) in [5, 5.41) is 12.8. The number of sulfonamides is 1. The summed E-state index contributed by atoms with van der Waals surface area (Å²) in [5.41, 5.74) is 0.127. The van der Waals surface area contributed by atoms with Crippen LogP contribution < -0.4 is 5.32 Å². The molecule has 0 saturated carbocycles. The van der Waals surface area contributed by atoms with Crippen LogP contribution in [0, 0.1) is 0 Å². The first-order chi connectivity index (χ1) is 8.85. The first-order valence-corrected chi connectivity index (χ1v) is 7.79. The first kappa shape index (κ1) is 14.3. The zero-order chi connectivity index (χ0) is 14.1. The molecule has 1 aliphatic rings. The molecule has 0 radical (unpaired) electrons. The molecule has 0 bridgehead atoms. The number of hydrogen-bond acceptors (Lipinski definition) is 4. The molecule has 0 amide bonds. The second-order valence-electron chi connectivity index (χ2n) is 5.18. The van der Waals surface area contributed by atoms with Gasteiger partial charge in [-0.3, -0.25) is 0 Å². The monoisotopic (exact) mass is 284 g/mol. The van der Waals surface area contributed by atoms with Gasteiger partial charge in [-0.25, -0.2) is 8.42 Å². The van der Waals surface area contributed by atoms with Crippen LogP contribution in [0.5, 0.6) is 0 Å². The quantitative estimate of drug-likeness (QED) is 0.877. The molecule has 5 nitrogen and oxygen atoms in total. The van der Waals surface area contributed by atoms with E-state index in [4.69, 9.17) is 0 Å². The van der Waals surface area contributed by atoms with Crippen LogP contribution in [0.25, 0.3) is 0 Å². The van der Waals surface area contributed by atoms with Gasteiger partial charge in [-0.05, 0) is 44.0 Å². The molecule has 0 unspecified atom stereocenters. The van der Waals surface area contributed by atoms with E-state index in [2.05, 4.69) is 5.32 Å². The van der Waals surface area contributed by atoms with Gasteiger partial charge < -0.3 is 10.4 Å². The fourth-order valence-corrected chi connectivity index (χ4v) is 3.59. The van der Waals surface area contributed by atoms with Gasteiger partial charge >= 0.3 is 0 Å². The van der Waals surface area contributed by atoms with Gasteiger partial charge in [-0.15, -0.1) is 0 Å². The Balaban J connectivity index is 2.18. The Bertz CT molecular complexity index is 528. The van der Waals surface area contributed by atoms with E-state index in [1.165, 1.54) is 4.31 Å². The minimum absolute atomic E-state index is 0.299. The van der Waals surface area contributed by atoms with Crippen molar-refractivity contribution in [3.63, 3.8) is 0 Å². The van der Waals surface area contributed by atoms with Crippen molar-refractivity contribution in [3.8, 4) is 0 Å². The fourth-order valence-electron chi connectivity index (χ4n) is 2.15. The summed E-state index contributed by atoms with van der Waals surface area (Å²) in [7, 11) is -1.65. The number of rotatable bonds is 3. The standard InChI is InChI=1S/C13H20N2O3S/c1-13(16)7-9-15(10-8-13)19(17,18)12-5-3-11(14-2)4-6-12/h3-6,14,16H,7-10H2,1-2H3. The molecule has 1 aromatic rings. The Morgan fingerprint density at radius 1 is 1.21 bits per heavy atom. The maximum absolute atomic E-state index is 12.4. The largest absolute Gasteiger partial charge is 0.390 e. The highest BCUT2D eigenvalue weighted by Crippen LogP contribution is 2.26. The summed E-state index contributed by atoms with van der Waals surface area (Å²) >= 11 is 0. The molecular formula is C13H20N2O3S. The molecular weight excluding hydrogens is 264 g/mol. The average Bonchev–Trinajstić information content (AvgIpc) is 2.38. The zero-order valence-corrected chi connectivity index (χ0v) is 12.1. The summed E-state index contributed by atoms with van der Waals surface area (Å²) in [6.45, 7) is 2.48. The number of nitrogens with one attached hydrogen (secondary N) is 1. The van der Waals surface area contributed by atoms with Crippen molar-refractivity contribution in [2.45, 2.75) is 30.3 Å².